The molecule has 2 heterocycles. The van der Waals surface area contributed by atoms with Crippen LogP contribution in [0.2, 0.25) is 0 Å². The summed E-state index contributed by atoms with van der Waals surface area (Å²) in [7, 11) is 3.29. The van der Waals surface area contributed by atoms with Gasteiger partial charge in [-0.3, -0.25) is 0 Å². The summed E-state index contributed by atoms with van der Waals surface area (Å²) < 4.78 is 32.7. The number of anilines is 2. The zero-order valence-electron chi connectivity index (χ0n) is 11.2. The Balaban J connectivity index is 2.11. The lowest BCUT2D eigenvalue weighted by molar-refractivity contribution is 0.0215. The molecule has 6 heteroatoms. The largest absolute Gasteiger partial charge is 0.376 e. The van der Waals surface area contributed by atoms with E-state index >= 15 is 0 Å². The Labute approximate surface area is 111 Å². The molecule has 1 fully saturated rings. The number of likely N-dealkylation sites (N-methyl/N-ethyl adjacent to an activating group) is 1. The van der Waals surface area contributed by atoms with Crippen molar-refractivity contribution in [3.63, 3.8) is 0 Å². The fraction of sp³-hybridized carbons (Fsp3) is 0.615. The number of hydrogen-bond acceptors (Lipinski definition) is 4. The molecule has 1 aromatic heterocycles. The molecular weight excluding hydrogens is 252 g/mol. The summed E-state index contributed by atoms with van der Waals surface area (Å²) in [6.07, 6.45) is 3.25. The second kappa shape index (κ2) is 6.14. The van der Waals surface area contributed by atoms with Crippen molar-refractivity contribution < 1.29 is 13.5 Å². The zero-order valence-corrected chi connectivity index (χ0v) is 11.2. The van der Waals surface area contributed by atoms with E-state index in [1.165, 1.54) is 0 Å². The van der Waals surface area contributed by atoms with Gasteiger partial charge in [-0.2, -0.15) is 0 Å². The van der Waals surface area contributed by atoms with Crippen molar-refractivity contribution >= 4 is 11.6 Å². The summed E-state index contributed by atoms with van der Waals surface area (Å²) in [5.74, 6) is -1.16. The summed E-state index contributed by atoms with van der Waals surface area (Å²) in [6.45, 7) is 1.30. The van der Waals surface area contributed by atoms with Crippen molar-refractivity contribution in [2.45, 2.75) is 25.4 Å². The minimum atomic E-state index is -0.689. The van der Waals surface area contributed by atoms with Gasteiger partial charge in [0.1, 0.15) is 0 Å². The molecule has 0 spiro atoms. The van der Waals surface area contributed by atoms with Crippen LogP contribution in [0.4, 0.5) is 20.4 Å². The average molecular weight is 271 g/mol. The Kier molecular flexibility index (Phi) is 4.52. The molecule has 1 aliphatic rings. The molecule has 0 radical (unpaired) electrons. The van der Waals surface area contributed by atoms with E-state index in [0.717, 1.165) is 31.9 Å². The molecule has 1 atom stereocenters. The molecule has 0 aliphatic carbocycles. The summed E-state index contributed by atoms with van der Waals surface area (Å²) >= 11 is 0. The molecule has 1 saturated heterocycles. The lowest BCUT2D eigenvalue weighted by Gasteiger charge is -2.28. The maximum Gasteiger partial charge on any atom is 0.168 e. The van der Waals surface area contributed by atoms with E-state index in [-0.39, 0.29) is 17.7 Å². The van der Waals surface area contributed by atoms with Crippen molar-refractivity contribution in [3.05, 3.63) is 17.7 Å². The van der Waals surface area contributed by atoms with E-state index in [9.17, 15) is 8.78 Å². The van der Waals surface area contributed by atoms with Gasteiger partial charge in [0.25, 0.3) is 0 Å². The fourth-order valence-corrected chi connectivity index (χ4v) is 2.24. The minimum absolute atomic E-state index is 0.0489. The predicted octanol–water partition coefficient (Wildman–Crippen LogP) is 2.41. The van der Waals surface area contributed by atoms with Gasteiger partial charge in [-0.05, 0) is 19.3 Å². The van der Waals surface area contributed by atoms with E-state index < -0.39 is 11.6 Å². The molecule has 4 nitrogen and oxygen atoms in total. The van der Waals surface area contributed by atoms with Gasteiger partial charge in [-0.25, -0.2) is 13.8 Å². The molecule has 0 aromatic carbocycles. The molecule has 0 saturated carbocycles. The van der Waals surface area contributed by atoms with Crippen LogP contribution < -0.4 is 10.2 Å². The normalized spacial score (nSPS) is 19.3. The summed E-state index contributed by atoms with van der Waals surface area (Å²) in [4.78, 5) is 5.64. The molecule has 0 bridgehead atoms. The number of pyridine rings is 1. The monoisotopic (exact) mass is 271 g/mol. The Morgan fingerprint density at radius 3 is 2.84 bits per heavy atom. The van der Waals surface area contributed by atoms with Crippen LogP contribution in [0.3, 0.4) is 0 Å². The first kappa shape index (κ1) is 14.0. The number of aromatic nitrogens is 1. The molecule has 0 amide bonds. The summed E-state index contributed by atoms with van der Waals surface area (Å²) in [5.41, 5.74) is 0. The molecule has 1 aliphatic heterocycles. The van der Waals surface area contributed by atoms with Crippen LogP contribution in [-0.4, -0.2) is 38.3 Å². The number of nitrogens with zero attached hydrogens (tertiary/aromatic N) is 2. The molecule has 2 rings (SSSR count). The highest BCUT2D eigenvalue weighted by molar-refractivity contribution is 5.48. The molecule has 1 unspecified atom stereocenters. The van der Waals surface area contributed by atoms with E-state index in [0.29, 0.717) is 6.54 Å². The molecule has 1 aromatic rings. The van der Waals surface area contributed by atoms with Crippen LogP contribution in [-0.2, 0) is 4.74 Å². The predicted molar refractivity (Wildman–Crippen MR) is 70.6 cm³/mol. The van der Waals surface area contributed by atoms with Gasteiger partial charge >= 0.3 is 0 Å². The third-order valence-corrected chi connectivity index (χ3v) is 3.26. The third kappa shape index (κ3) is 3.32. The maximum atomic E-state index is 13.8. The quantitative estimate of drug-likeness (QED) is 0.912. The minimum Gasteiger partial charge on any atom is -0.376 e. The second-order valence-corrected chi connectivity index (χ2v) is 4.74. The SMILES string of the molecule is CNc1nc(N(C)CC2CCCCO2)c(F)cc1F. The standard InChI is InChI=1S/C13H19F2N3O/c1-16-12-10(14)7-11(15)13(17-12)18(2)8-9-5-3-4-6-19-9/h7,9H,3-6,8H2,1-2H3,(H,16,17). The van der Waals surface area contributed by atoms with E-state index in [2.05, 4.69) is 10.3 Å². The van der Waals surface area contributed by atoms with Crippen LogP contribution in [0.15, 0.2) is 6.07 Å². The van der Waals surface area contributed by atoms with Crippen molar-refractivity contribution in [2.75, 3.05) is 37.5 Å². The highest BCUT2D eigenvalue weighted by Gasteiger charge is 2.20. The van der Waals surface area contributed by atoms with Gasteiger partial charge in [0.15, 0.2) is 23.3 Å². The Morgan fingerprint density at radius 2 is 2.21 bits per heavy atom. The molecule has 19 heavy (non-hydrogen) atoms. The first-order chi connectivity index (χ1) is 9.11. The Bertz CT molecular complexity index is 436. The van der Waals surface area contributed by atoms with Crippen molar-refractivity contribution in [2.24, 2.45) is 0 Å². The van der Waals surface area contributed by atoms with Gasteiger partial charge in [-0.1, -0.05) is 0 Å². The van der Waals surface area contributed by atoms with Gasteiger partial charge < -0.3 is 15.0 Å². The first-order valence-corrected chi connectivity index (χ1v) is 6.48. The topological polar surface area (TPSA) is 37.4 Å². The maximum absolute atomic E-state index is 13.8. The number of halogens is 2. The van der Waals surface area contributed by atoms with Crippen molar-refractivity contribution in [3.8, 4) is 0 Å². The van der Waals surface area contributed by atoms with Crippen LogP contribution in [0.5, 0.6) is 0 Å². The number of nitrogens with one attached hydrogen (secondary N) is 1. The number of hydrogen-bond donors (Lipinski definition) is 1. The van der Waals surface area contributed by atoms with Crippen LogP contribution in [0, 0.1) is 11.6 Å². The molecular formula is C13H19F2N3O. The Hall–Kier alpha value is -1.43. The molecule has 1 N–H and O–H groups in total. The first-order valence-electron chi connectivity index (χ1n) is 6.48. The highest BCUT2D eigenvalue weighted by atomic mass is 19.1. The lowest BCUT2D eigenvalue weighted by atomic mass is 10.1. The van der Waals surface area contributed by atoms with Crippen molar-refractivity contribution in [1.29, 1.82) is 0 Å². The van der Waals surface area contributed by atoms with Gasteiger partial charge in [0.05, 0.1) is 6.10 Å². The fourth-order valence-electron chi connectivity index (χ4n) is 2.24. The lowest BCUT2D eigenvalue weighted by Crippen LogP contribution is -2.34. The zero-order chi connectivity index (χ0) is 13.8. The van der Waals surface area contributed by atoms with E-state index in [4.69, 9.17) is 4.74 Å². The van der Waals surface area contributed by atoms with E-state index in [1.54, 1.807) is 19.0 Å². The highest BCUT2D eigenvalue weighted by Crippen LogP contribution is 2.23. The summed E-state index contributed by atoms with van der Waals surface area (Å²) in [5, 5.41) is 2.61. The molecule has 106 valence electrons. The Morgan fingerprint density at radius 1 is 1.42 bits per heavy atom. The van der Waals surface area contributed by atoms with Crippen molar-refractivity contribution in [1.82, 2.24) is 4.98 Å². The summed E-state index contributed by atoms with van der Waals surface area (Å²) in [6, 6.07) is 0.854. The average Bonchev–Trinajstić information content (AvgIpc) is 2.40. The van der Waals surface area contributed by atoms with Gasteiger partial charge in [0.2, 0.25) is 0 Å². The number of ether oxygens (including phenoxy) is 1. The van der Waals surface area contributed by atoms with Gasteiger partial charge in [0, 0.05) is 33.3 Å². The van der Waals surface area contributed by atoms with E-state index in [1.807, 2.05) is 0 Å². The third-order valence-electron chi connectivity index (χ3n) is 3.26. The van der Waals surface area contributed by atoms with Crippen LogP contribution >= 0.6 is 0 Å². The number of rotatable bonds is 4. The van der Waals surface area contributed by atoms with Crippen LogP contribution in [0.1, 0.15) is 19.3 Å². The van der Waals surface area contributed by atoms with Crippen LogP contribution in [0.25, 0.3) is 0 Å². The second-order valence-electron chi connectivity index (χ2n) is 4.74. The van der Waals surface area contributed by atoms with Gasteiger partial charge in [-0.15, -0.1) is 0 Å². The smallest absolute Gasteiger partial charge is 0.168 e.